The number of carbonyl (C=O) groups excluding carboxylic acids is 1. The van der Waals surface area contributed by atoms with Crippen molar-refractivity contribution in [1.29, 1.82) is 0 Å². The zero-order valence-electron chi connectivity index (χ0n) is 10.2. The molecule has 0 aliphatic rings. The van der Waals surface area contributed by atoms with Gasteiger partial charge >= 0.3 is 5.97 Å². The van der Waals surface area contributed by atoms with Gasteiger partial charge in [-0.2, -0.15) is 0 Å². The third kappa shape index (κ3) is 4.32. The molecule has 0 saturated carbocycles. The van der Waals surface area contributed by atoms with E-state index in [1.54, 1.807) is 38.3 Å². The van der Waals surface area contributed by atoms with E-state index < -0.39 is 24.5 Å². The molecule has 1 amide bonds. The molecule has 0 bridgehead atoms. The van der Waals surface area contributed by atoms with Gasteiger partial charge in [0.15, 0.2) is 6.10 Å². The van der Waals surface area contributed by atoms with Gasteiger partial charge in [0.05, 0.1) is 7.11 Å². The van der Waals surface area contributed by atoms with Gasteiger partial charge in [-0.1, -0.05) is 0 Å². The molecule has 0 fully saturated rings. The van der Waals surface area contributed by atoms with E-state index in [1.807, 2.05) is 0 Å². The summed E-state index contributed by atoms with van der Waals surface area (Å²) in [6, 6.07) is 6.74. The molecule has 18 heavy (non-hydrogen) atoms. The maximum Gasteiger partial charge on any atom is 0.322 e. The minimum absolute atomic E-state index is 0.421. The molecular weight excluding hydrogens is 238 g/mol. The van der Waals surface area contributed by atoms with Gasteiger partial charge in [-0.15, -0.1) is 0 Å². The van der Waals surface area contributed by atoms with Crippen molar-refractivity contribution in [3.05, 3.63) is 24.3 Å². The predicted octanol–water partition coefficient (Wildman–Crippen LogP) is 0.663. The highest BCUT2D eigenvalue weighted by molar-refractivity contribution is 5.84. The fourth-order valence-corrected chi connectivity index (χ4v) is 1.22. The van der Waals surface area contributed by atoms with E-state index >= 15 is 0 Å². The Balaban J connectivity index is 2.49. The van der Waals surface area contributed by atoms with Crippen molar-refractivity contribution in [3.63, 3.8) is 0 Å². The normalized spacial score (nSPS) is 11.4. The predicted molar refractivity (Wildman–Crippen MR) is 63.7 cm³/mol. The van der Waals surface area contributed by atoms with Gasteiger partial charge < -0.3 is 19.9 Å². The standard InChI is InChI=1S/C12H15NO5/c1-8(12(16)13-7-11(14)15)18-10-5-3-9(17-2)4-6-10/h3-6,8H,7H2,1-2H3,(H,13,16)(H,14,15)/t8-/m0/s1. The molecule has 6 heteroatoms. The van der Waals surface area contributed by atoms with Gasteiger partial charge in [0.2, 0.25) is 0 Å². The van der Waals surface area contributed by atoms with E-state index in [1.165, 1.54) is 0 Å². The molecular formula is C12H15NO5. The molecule has 6 nitrogen and oxygen atoms in total. The molecule has 0 spiro atoms. The smallest absolute Gasteiger partial charge is 0.322 e. The van der Waals surface area contributed by atoms with Crippen molar-refractivity contribution in [2.24, 2.45) is 0 Å². The highest BCUT2D eigenvalue weighted by Gasteiger charge is 2.15. The summed E-state index contributed by atoms with van der Waals surface area (Å²) >= 11 is 0. The first-order valence-corrected chi connectivity index (χ1v) is 5.33. The molecule has 2 N–H and O–H groups in total. The molecule has 0 saturated heterocycles. The minimum Gasteiger partial charge on any atom is -0.497 e. The average Bonchev–Trinajstić information content (AvgIpc) is 2.36. The molecule has 1 rings (SSSR count). The number of hydrogen-bond acceptors (Lipinski definition) is 4. The third-order valence-corrected chi connectivity index (χ3v) is 2.16. The van der Waals surface area contributed by atoms with Crippen LogP contribution in [-0.2, 0) is 9.59 Å². The first-order valence-electron chi connectivity index (χ1n) is 5.33. The lowest BCUT2D eigenvalue weighted by Gasteiger charge is -2.14. The quantitative estimate of drug-likeness (QED) is 0.778. The summed E-state index contributed by atoms with van der Waals surface area (Å²) in [5.74, 6) is -0.382. The number of aliphatic carboxylic acids is 1. The first-order chi connectivity index (χ1) is 8.52. The largest absolute Gasteiger partial charge is 0.497 e. The number of benzene rings is 1. The van der Waals surface area contributed by atoms with Crippen molar-refractivity contribution in [1.82, 2.24) is 5.32 Å². The molecule has 0 aliphatic carbocycles. The molecule has 98 valence electrons. The Hall–Kier alpha value is -2.24. The molecule has 0 aromatic heterocycles. The van der Waals surface area contributed by atoms with Gasteiger partial charge in [0, 0.05) is 0 Å². The van der Waals surface area contributed by atoms with Gasteiger partial charge in [-0.05, 0) is 31.2 Å². The molecule has 0 radical (unpaired) electrons. The number of carbonyl (C=O) groups is 2. The van der Waals surface area contributed by atoms with E-state index in [0.29, 0.717) is 11.5 Å². The van der Waals surface area contributed by atoms with Crippen molar-refractivity contribution in [2.75, 3.05) is 13.7 Å². The monoisotopic (exact) mass is 253 g/mol. The van der Waals surface area contributed by atoms with Gasteiger partial charge in [0.25, 0.3) is 5.91 Å². The summed E-state index contributed by atoms with van der Waals surface area (Å²) in [5.41, 5.74) is 0. The van der Waals surface area contributed by atoms with Crippen molar-refractivity contribution < 1.29 is 24.2 Å². The Morgan fingerprint density at radius 3 is 2.33 bits per heavy atom. The van der Waals surface area contributed by atoms with E-state index in [0.717, 1.165) is 0 Å². The fraction of sp³-hybridized carbons (Fsp3) is 0.333. The second kappa shape index (κ2) is 6.48. The van der Waals surface area contributed by atoms with Crippen LogP contribution in [0, 0.1) is 0 Å². The maximum absolute atomic E-state index is 11.5. The number of ether oxygens (including phenoxy) is 2. The minimum atomic E-state index is -1.10. The van der Waals surface area contributed by atoms with Crippen LogP contribution >= 0.6 is 0 Å². The zero-order valence-corrected chi connectivity index (χ0v) is 10.2. The summed E-state index contributed by atoms with van der Waals surface area (Å²) in [7, 11) is 1.55. The average molecular weight is 253 g/mol. The maximum atomic E-state index is 11.5. The third-order valence-electron chi connectivity index (χ3n) is 2.16. The summed E-state index contributed by atoms with van der Waals surface area (Å²) in [5, 5.41) is 10.7. The second-order valence-corrected chi connectivity index (χ2v) is 3.55. The van der Waals surface area contributed by atoms with E-state index in [-0.39, 0.29) is 0 Å². The number of rotatable bonds is 6. The van der Waals surface area contributed by atoms with Crippen LogP contribution in [0.4, 0.5) is 0 Å². The molecule has 1 atom stereocenters. The van der Waals surface area contributed by atoms with Crippen LogP contribution in [0.3, 0.4) is 0 Å². The van der Waals surface area contributed by atoms with Gasteiger partial charge in [-0.3, -0.25) is 9.59 Å². The number of methoxy groups -OCH3 is 1. The van der Waals surface area contributed by atoms with Crippen LogP contribution in [0.15, 0.2) is 24.3 Å². The lowest BCUT2D eigenvalue weighted by Crippen LogP contribution is -2.39. The Labute approximate surface area is 105 Å². The molecule has 1 aromatic rings. The Bertz CT molecular complexity index is 415. The van der Waals surface area contributed by atoms with E-state index in [4.69, 9.17) is 14.6 Å². The molecule has 0 aliphatic heterocycles. The van der Waals surface area contributed by atoms with Crippen molar-refractivity contribution >= 4 is 11.9 Å². The highest BCUT2D eigenvalue weighted by Crippen LogP contribution is 2.18. The van der Waals surface area contributed by atoms with Crippen LogP contribution in [-0.4, -0.2) is 36.7 Å². The van der Waals surface area contributed by atoms with Crippen LogP contribution in [0.2, 0.25) is 0 Å². The molecule has 1 aromatic carbocycles. The Morgan fingerprint density at radius 1 is 1.28 bits per heavy atom. The number of amides is 1. The second-order valence-electron chi connectivity index (χ2n) is 3.55. The summed E-state index contributed by atoms with van der Waals surface area (Å²) < 4.78 is 10.3. The van der Waals surface area contributed by atoms with Crippen LogP contribution in [0.1, 0.15) is 6.92 Å². The number of nitrogens with one attached hydrogen (secondary N) is 1. The van der Waals surface area contributed by atoms with Gasteiger partial charge in [-0.25, -0.2) is 0 Å². The van der Waals surface area contributed by atoms with Crippen LogP contribution in [0.25, 0.3) is 0 Å². The highest BCUT2D eigenvalue weighted by atomic mass is 16.5. The fourth-order valence-electron chi connectivity index (χ4n) is 1.22. The van der Waals surface area contributed by atoms with Crippen molar-refractivity contribution in [3.8, 4) is 11.5 Å². The first kappa shape index (κ1) is 13.8. The Kier molecular flexibility index (Phi) is 4.98. The van der Waals surface area contributed by atoms with Crippen LogP contribution in [0.5, 0.6) is 11.5 Å². The summed E-state index contributed by atoms with van der Waals surface area (Å²) in [4.78, 5) is 21.7. The van der Waals surface area contributed by atoms with E-state index in [9.17, 15) is 9.59 Å². The number of hydrogen-bond donors (Lipinski definition) is 2. The Morgan fingerprint density at radius 2 is 1.83 bits per heavy atom. The van der Waals surface area contributed by atoms with E-state index in [2.05, 4.69) is 5.32 Å². The lowest BCUT2D eigenvalue weighted by molar-refractivity contribution is -0.139. The van der Waals surface area contributed by atoms with Gasteiger partial charge in [0.1, 0.15) is 18.0 Å². The number of carboxylic acids is 1. The zero-order chi connectivity index (χ0) is 13.5. The summed E-state index contributed by atoms with van der Waals surface area (Å²) in [6.07, 6.45) is -0.766. The molecule has 0 unspecified atom stereocenters. The number of carboxylic acid groups (broad SMARTS) is 1. The molecule has 0 heterocycles. The lowest BCUT2D eigenvalue weighted by atomic mass is 10.3. The van der Waals surface area contributed by atoms with Crippen molar-refractivity contribution in [2.45, 2.75) is 13.0 Å². The summed E-state index contributed by atoms with van der Waals surface area (Å²) in [6.45, 7) is 1.12. The van der Waals surface area contributed by atoms with Crippen LogP contribution < -0.4 is 14.8 Å². The topological polar surface area (TPSA) is 84.9 Å². The SMILES string of the molecule is COc1ccc(O[C@@H](C)C(=O)NCC(=O)O)cc1.